The molecule has 6 heteroatoms. The predicted octanol–water partition coefficient (Wildman–Crippen LogP) is 4.67. The van der Waals surface area contributed by atoms with Crippen molar-refractivity contribution in [3.8, 4) is 0 Å². The quantitative estimate of drug-likeness (QED) is 0.572. The number of halogens is 5. The van der Waals surface area contributed by atoms with Crippen LogP contribution in [0.25, 0.3) is 0 Å². The van der Waals surface area contributed by atoms with Gasteiger partial charge in [-0.1, -0.05) is 17.7 Å². The molecule has 2 aromatic carbocycles. The largest absolute Gasteiger partial charge is 0.309 e. The number of hydrogen-bond acceptors (Lipinski definition) is 1. The van der Waals surface area contributed by atoms with Crippen molar-refractivity contribution in [2.75, 3.05) is 7.05 Å². The van der Waals surface area contributed by atoms with Crippen molar-refractivity contribution in [3.63, 3.8) is 0 Å². The zero-order valence-corrected chi connectivity index (χ0v) is 13.3. The Morgan fingerprint density at radius 2 is 1.75 bits per heavy atom. The molecule has 0 spiro atoms. The Morgan fingerprint density at radius 3 is 2.40 bits per heavy atom. The van der Waals surface area contributed by atoms with Gasteiger partial charge < -0.3 is 5.32 Å². The third kappa shape index (κ3) is 2.94. The van der Waals surface area contributed by atoms with E-state index < -0.39 is 23.5 Å². The van der Waals surface area contributed by atoms with Gasteiger partial charge in [0.25, 0.3) is 0 Å². The van der Waals surface area contributed by atoms with E-state index in [9.17, 15) is 13.2 Å². The fraction of sp³-hybridized carbons (Fsp3) is 0.143. The maximum atomic E-state index is 13.9. The lowest BCUT2D eigenvalue weighted by atomic mass is 9.98. The van der Waals surface area contributed by atoms with E-state index in [1.807, 2.05) is 0 Å². The Hall–Kier alpha value is -0.790. The summed E-state index contributed by atoms with van der Waals surface area (Å²) in [5.41, 5.74) is 0.733. The molecule has 2 aromatic rings. The van der Waals surface area contributed by atoms with Crippen LogP contribution in [0.15, 0.2) is 30.3 Å². The van der Waals surface area contributed by atoms with Gasteiger partial charge >= 0.3 is 0 Å². The minimum Gasteiger partial charge on any atom is -0.309 e. The Labute approximate surface area is 133 Å². The van der Waals surface area contributed by atoms with E-state index in [0.29, 0.717) is 10.6 Å². The summed E-state index contributed by atoms with van der Waals surface area (Å²) in [6.07, 6.45) is 0. The molecule has 0 fully saturated rings. The lowest BCUT2D eigenvalue weighted by Crippen LogP contribution is -2.20. The molecular weight excluding hydrogens is 402 g/mol. The summed E-state index contributed by atoms with van der Waals surface area (Å²) >= 11 is 8.02. The zero-order valence-electron chi connectivity index (χ0n) is 10.4. The fourth-order valence-electron chi connectivity index (χ4n) is 1.98. The Morgan fingerprint density at radius 1 is 1.05 bits per heavy atom. The van der Waals surface area contributed by atoms with Crippen LogP contribution >= 0.6 is 34.2 Å². The van der Waals surface area contributed by atoms with Gasteiger partial charge in [-0.3, -0.25) is 0 Å². The summed E-state index contributed by atoms with van der Waals surface area (Å²) in [7, 11) is 1.61. The summed E-state index contributed by atoms with van der Waals surface area (Å²) in [6.45, 7) is 0. The van der Waals surface area contributed by atoms with Crippen molar-refractivity contribution in [1.29, 1.82) is 0 Å². The molecule has 0 aromatic heterocycles. The second kappa shape index (κ2) is 6.32. The van der Waals surface area contributed by atoms with Gasteiger partial charge in [0.2, 0.25) is 0 Å². The molecule has 1 N–H and O–H groups in total. The van der Waals surface area contributed by atoms with Gasteiger partial charge in [0.1, 0.15) is 0 Å². The van der Waals surface area contributed by atoms with Crippen LogP contribution in [-0.4, -0.2) is 7.05 Å². The Kier molecular flexibility index (Phi) is 4.93. The van der Waals surface area contributed by atoms with Crippen molar-refractivity contribution >= 4 is 34.2 Å². The van der Waals surface area contributed by atoms with Crippen LogP contribution in [0.4, 0.5) is 13.2 Å². The molecular formula is C14H10ClF3IN. The van der Waals surface area contributed by atoms with Gasteiger partial charge in [0.05, 0.1) is 6.04 Å². The summed E-state index contributed by atoms with van der Waals surface area (Å²) in [4.78, 5) is 0. The van der Waals surface area contributed by atoms with Gasteiger partial charge in [0.15, 0.2) is 17.5 Å². The predicted molar refractivity (Wildman–Crippen MR) is 81.4 cm³/mol. The van der Waals surface area contributed by atoms with Crippen molar-refractivity contribution in [1.82, 2.24) is 5.32 Å². The molecule has 0 bridgehead atoms. The monoisotopic (exact) mass is 411 g/mol. The lowest BCUT2D eigenvalue weighted by Gasteiger charge is -2.20. The van der Waals surface area contributed by atoms with E-state index >= 15 is 0 Å². The summed E-state index contributed by atoms with van der Waals surface area (Å²) in [6, 6.07) is 6.68. The van der Waals surface area contributed by atoms with Crippen LogP contribution in [0.3, 0.4) is 0 Å². The van der Waals surface area contributed by atoms with Gasteiger partial charge in [0, 0.05) is 14.2 Å². The maximum Gasteiger partial charge on any atom is 0.194 e. The second-order valence-electron chi connectivity index (χ2n) is 4.15. The van der Waals surface area contributed by atoms with Crippen LogP contribution in [-0.2, 0) is 0 Å². The van der Waals surface area contributed by atoms with E-state index in [1.165, 1.54) is 6.07 Å². The SMILES string of the molecule is CNC(c1cc(Cl)ccc1I)c1ccc(F)c(F)c1F. The number of benzene rings is 2. The van der Waals surface area contributed by atoms with Crippen LogP contribution < -0.4 is 5.32 Å². The molecule has 0 amide bonds. The molecule has 0 aliphatic heterocycles. The molecule has 0 heterocycles. The molecule has 0 aliphatic rings. The first-order valence-electron chi connectivity index (χ1n) is 5.71. The minimum absolute atomic E-state index is 0.0339. The standard InChI is InChI=1S/C14H10ClF3IN/c1-20-14(9-6-7(15)2-5-11(9)19)8-3-4-10(16)13(18)12(8)17/h2-6,14,20H,1H3. The second-order valence-corrected chi connectivity index (χ2v) is 5.75. The molecule has 0 aliphatic carbocycles. The van der Waals surface area contributed by atoms with Crippen LogP contribution in [0.5, 0.6) is 0 Å². The Bertz CT molecular complexity index is 649. The Balaban J connectivity index is 2.58. The highest BCUT2D eigenvalue weighted by Crippen LogP contribution is 2.31. The first-order chi connectivity index (χ1) is 9.45. The summed E-state index contributed by atoms with van der Waals surface area (Å²) < 4.78 is 41.2. The molecule has 1 nitrogen and oxygen atoms in total. The highest BCUT2D eigenvalue weighted by Gasteiger charge is 2.22. The van der Waals surface area contributed by atoms with E-state index in [2.05, 4.69) is 27.9 Å². The number of hydrogen-bond donors (Lipinski definition) is 1. The first kappa shape index (κ1) is 15.6. The smallest absolute Gasteiger partial charge is 0.194 e. The highest BCUT2D eigenvalue weighted by atomic mass is 127. The van der Waals surface area contributed by atoms with Gasteiger partial charge in [-0.15, -0.1) is 0 Å². The molecule has 0 radical (unpaired) electrons. The van der Waals surface area contributed by atoms with E-state index in [-0.39, 0.29) is 5.56 Å². The first-order valence-corrected chi connectivity index (χ1v) is 7.17. The third-order valence-corrected chi connectivity index (χ3v) is 4.15. The van der Waals surface area contributed by atoms with Gasteiger partial charge in [-0.2, -0.15) is 0 Å². The van der Waals surface area contributed by atoms with Crippen LogP contribution in [0, 0.1) is 21.0 Å². The van der Waals surface area contributed by atoms with E-state index in [0.717, 1.165) is 9.64 Å². The molecule has 106 valence electrons. The van der Waals surface area contributed by atoms with Crippen LogP contribution in [0.1, 0.15) is 17.2 Å². The summed E-state index contributed by atoms with van der Waals surface area (Å²) in [5.74, 6) is -3.87. The highest BCUT2D eigenvalue weighted by molar-refractivity contribution is 14.1. The fourth-order valence-corrected chi connectivity index (χ4v) is 2.81. The van der Waals surface area contributed by atoms with Gasteiger partial charge in [-0.25, -0.2) is 13.2 Å². The maximum absolute atomic E-state index is 13.9. The molecule has 2 rings (SSSR count). The molecule has 20 heavy (non-hydrogen) atoms. The lowest BCUT2D eigenvalue weighted by molar-refractivity contribution is 0.435. The zero-order chi connectivity index (χ0) is 14.9. The molecule has 1 unspecified atom stereocenters. The molecule has 1 atom stereocenters. The number of rotatable bonds is 3. The average molecular weight is 412 g/mol. The average Bonchev–Trinajstić information content (AvgIpc) is 2.43. The van der Waals surface area contributed by atoms with Crippen molar-refractivity contribution < 1.29 is 13.2 Å². The van der Waals surface area contributed by atoms with E-state index in [4.69, 9.17) is 11.6 Å². The van der Waals surface area contributed by atoms with Crippen LogP contribution in [0.2, 0.25) is 5.02 Å². The minimum atomic E-state index is -1.47. The summed E-state index contributed by atoms with van der Waals surface area (Å²) in [5, 5.41) is 3.39. The molecule has 0 saturated carbocycles. The van der Waals surface area contributed by atoms with Gasteiger partial charge in [-0.05, 0) is 59.5 Å². The third-order valence-electron chi connectivity index (χ3n) is 2.93. The normalized spacial score (nSPS) is 12.5. The van der Waals surface area contributed by atoms with Crippen molar-refractivity contribution in [2.24, 2.45) is 0 Å². The van der Waals surface area contributed by atoms with Crippen molar-refractivity contribution in [3.05, 3.63) is 67.5 Å². The number of nitrogens with one attached hydrogen (secondary N) is 1. The van der Waals surface area contributed by atoms with E-state index in [1.54, 1.807) is 25.2 Å². The molecule has 0 saturated heterocycles. The van der Waals surface area contributed by atoms with Crippen molar-refractivity contribution in [2.45, 2.75) is 6.04 Å². The topological polar surface area (TPSA) is 12.0 Å².